The normalized spacial score (nSPS) is 19.1. The molecule has 1 unspecified atom stereocenters. The van der Waals surface area contributed by atoms with E-state index in [1.807, 2.05) is 12.1 Å². The molecule has 1 atom stereocenters. The first-order valence-corrected chi connectivity index (χ1v) is 6.42. The Hall–Kier alpha value is -2.04. The Kier molecular flexibility index (Phi) is 2.89. The number of fused-ring (bicyclic) bond motifs is 1. The molecule has 3 rings (SSSR count). The summed E-state index contributed by atoms with van der Waals surface area (Å²) in [4.78, 5) is 22.5. The minimum atomic E-state index is -0.808. The van der Waals surface area contributed by atoms with Crippen LogP contribution in [0.5, 0.6) is 5.75 Å². The number of carboxylic acids is 1. The third-order valence-electron chi connectivity index (χ3n) is 3.67. The van der Waals surface area contributed by atoms with Crippen molar-refractivity contribution in [1.82, 2.24) is 0 Å². The van der Waals surface area contributed by atoms with Gasteiger partial charge in [0.1, 0.15) is 5.75 Å². The molecule has 5 nitrogen and oxygen atoms in total. The predicted octanol–water partition coefficient (Wildman–Crippen LogP) is 1.99. The van der Waals surface area contributed by atoms with Crippen molar-refractivity contribution in [1.29, 1.82) is 0 Å². The third-order valence-corrected chi connectivity index (χ3v) is 3.67. The summed E-state index contributed by atoms with van der Waals surface area (Å²) in [6.07, 6.45) is 2.20. The lowest BCUT2D eigenvalue weighted by atomic mass is 9.89. The van der Waals surface area contributed by atoms with Crippen molar-refractivity contribution >= 4 is 17.6 Å². The molecule has 100 valence electrons. The Bertz CT molecular complexity index is 536. The predicted molar refractivity (Wildman–Crippen MR) is 68.3 cm³/mol. The SMILES string of the molecule is O=C(O)CC(c1cccc2c1NC(=O)CO2)C1CC1. The van der Waals surface area contributed by atoms with E-state index in [0.717, 1.165) is 18.4 Å². The summed E-state index contributed by atoms with van der Waals surface area (Å²) in [7, 11) is 0. The molecule has 19 heavy (non-hydrogen) atoms. The van der Waals surface area contributed by atoms with Gasteiger partial charge in [0, 0.05) is 0 Å². The largest absolute Gasteiger partial charge is 0.482 e. The molecule has 0 aromatic heterocycles. The van der Waals surface area contributed by atoms with Crippen molar-refractivity contribution in [3.8, 4) is 5.75 Å². The van der Waals surface area contributed by atoms with Crippen molar-refractivity contribution in [3.05, 3.63) is 23.8 Å². The molecule has 1 fully saturated rings. The number of nitrogens with one attached hydrogen (secondary N) is 1. The molecule has 5 heteroatoms. The van der Waals surface area contributed by atoms with Gasteiger partial charge in [-0.15, -0.1) is 0 Å². The second-order valence-electron chi connectivity index (χ2n) is 5.10. The van der Waals surface area contributed by atoms with Crippen LogP contribution >= 0.6 is 0 Å². The molecule has 1 saturated carbocycles. The Labute approximate surface area is 110 Å². The summed E-state index contributed by atoms with van der Waals surface area (Å²) in [6.45, 7) is 0.0173. The maximum Gasteiger partial charge on any atom is 0.303 e. The average molecular weight is 261 g/mol. The molecule has 0 bridgehead atoms. The number of anilines is 1. The first kappa shape index (κ1) is 12.0. The van der Waals surface area contributed by atoms with Gasteiger partial charge in [-0.2, -0.15) is 0 Å². The number of hydrogen-bond donors (Lipinski definition) is 2. The number of hydrogen-bond acceptors (Lipinski definition) is 3. The van der Waals surface area contributed by atoms with E-state index in [-0.39, 0.29) is 24.9 Å². The number of amides is 1. The van der Waals surface area contributed by atoms with Crippen LogP contribution in [0.2, 0.25) is 0 Å². The quantitative estimate of drug-likeness (QED) is 0.869. The highest BCUT2D eigenvalue weighted by molar-refractivity contribution is 5.96. The van der Waals surface area contributed by atoms with Crippen LogP contribution in [0.15, 0.2) is 18.2 Å². The fourth-order valence-corrected chi connectivity index (χ4v) is 2.65. The second-order valence-corrected chi connectivity index (χ2v) is 5.10. The smallest absolute Gasteiger partial charge is 0.303 e. The average Bonchev–Trinajstić information content (AvgIpc) is 3.19. The number of aliphatic carboxylic acids is 1. The van der Waals surface area contributed by atoms with Gasteiger partial charge in [0.05, 0.1) is 12.1 Å². The Morgan fingerprint density at radius 3 is 2.95 bits per heavy atom. The van der Waals surface area contributed by atoms with Crippen molar-refractivity contribution in [2.75, 3.05) is 11.9 Å². The summed E-state index contributed by atoms with van der Waals surface area (Å²) in [5.74, 6) is -0.00797. The fourth-order valence-electron chi connectivity index (χ4n) is 2.65. The van der Waals surface area contributed by atoms with Crippen LogP contribution in [-0.2, 0) is 9.59 Å². The zero-order valence-corrected chi connectivity index (χ0v) is 10.4. The minimum Gasteiger partial charge on any atom is -0.482 e. The first-order valence-electron chi connectivity index (χ1n) is 6.42. The van der Waals surface area contributed by atoms with Gasteiger partial charge >= 0.3 is 5.97 Å². The van der Waals surface area contributed by atoms with Crippen LogP contribution in [-0.4, -0.2) is 23.6 Å². The number of ether oxygens (including phenoxy) is 1. The topological polar surface area (TPSA) is 75.6 Å². The summed E-state index contributed by atoms with van der Waals surface area (Å²) in [6, 6.07) is 5.53. The summed E-state index contributed by atoms with van der Waals surface area (Å²) < 4.78 is 5.37. The van der Waals surface area contributed by atoms with E-state index in [1.54, 1.807) is 6.07 Å². The maximum absolute atomic E-state index is 11.5. The maximum atomic E-state index is 11.5. The Balaban J connectivity index is 1.98. The number of para-hydroxylation sites is 1. The minimum absolute atomic E-state index is 0.0173. The van der Waals surface area contributed by atoms with Crippen LogP contribution < -0.4 is 10.1 Å². The van der Waals surface area contributed by atoms with Gasteiger partial charge in [-0.3, -0.25) is 9.59 Å². The third kappa shape index (κ3) is 2.41. The highest BCUT2D eigenvalue weighted by atomic mass is 16.5. The van der Waals surface area contributed by atoms with E-state index in [1.165, 1.54) is 0 Å². The van der Waals surface area contributed by atoms with Crippen molar-refractivity contribution in [2.24, 2.45) is 5.92 Å². The van der Waals surface area contributed by atoms with Crippen LogP contribution in [0.3, 0.4) is 0 Å². The summed E-state index contributed by atoms with van der Waals surface area (Å²) in [5.41, 5.74) is 1.53. The molecule has 1 amide bonds. The van der Waals surface area contributed by atoms with E-state index in [0.29, 0.717) is 17.4 Å². The van der Waals surface area contributed by atoms with E-state index in [2.05, 4.69) is 5.32 Å². The van der Waals surface area contributed by atoms with Crippen molar-refractivity contribution in [3.63, 3.8) is 0 Å². The number of carbonyl (C=O) groups excluding carboxylic acids is 1. The molecule has 0 radical (unpaired) electrons. The second kappa shape index (κ2) is 4.57. The van der Waals surface area contributed by atoms with Crippen molar-refractivity contribution in [2.45, 2.75) is 25.2 Å². The van der Waals surface area contributed by atoms with Crippen LogP contribution in [0.25, 0.3) is 0 Å². The lowest BCUT2D eigenvalue weighted by Gasteiger charge is -2.24. The summed E-state index contributed by atoms with van der Waals surface area (Å²) in [5, 5.41) is 11.9. The molecule has 2 N–H and O–H groups in total. The van der Waals surface area contributed by atoms with Crippen LogP contribution in [0, 0.1) is 5.92 Å². The Morgan fingerprint density at radius 2 is 2.26 bits per heavy atom. The molecule has 1 heterocycles. The van der Waals surface area contributed by atoms with Gasteiger partial charge in [0.15, 0.2) is 6.61 Å². The van der Waals surface area contributed by atoms with Gasteiger partial charge in [-0.25, -0.2) is 0 Å². The van der Waals surface area contributed by atoms with E-state index >= 15 is 0 Å². The number of carboxylic acid groups (broad SMARTS) is 1. The first-order chi connectivity index (χ1) is 9.15. The molecule has 2 aliphatic rings. The molecule has 0 spiro atoms. The number of carbonyl (C=O) groups is 2. The standard InChI is InChI=1S/C14H15NO4/c16-12-7-19-11-3-1-2-9(14(11)15-12)10(6-13(17)18)8-4-5-8/h1-3,8,10H,4-7H2,(H,15,16)(H,17,18). The van der Waals surface area contributed by atoms with E-state index < -0.39 is 5.97 Å². The fraction of sp³-hybridized carbons (Fsp3) is 0.429. The molecule has 1 aromatic carbocycles. The van der Waals surface area contributed by atoms with E-state index in [4.69, 9.17) is 9.84 Å². The van der Waals surface area contributed by atoms with Crippen LogP contribution in [0.1, 0.15) is 30.7 Å². The lowest BCUT2D eigenvalue weighted by Crippen LogP contribution is -2.27. The zero-order chi connectivity index (χ0) is 13.4. The van der Waals surface area contributed by atoms with Gasteiger partial charge < -0.3 is 15.2 Å². The summed E-state index contributed by atoms with van der Waals surface area (Å²) >= 11 is 0. The molecule has 1 aliphatic carbocycles. The monoisotopic (exact) mass is 261 g/mol. The molecule has 0 saturated heterocycles. The molecular formula is C14H15NO4. The lowest BCUT2D eigenvalue weighted by molar-refractivity contribution is -0.137. The molecule has 1 aromatic rings. The van der Waals surface area contributed by atoms with Gasteiger partial charge in [-0.05, 0) is 36.3 Å². The van der Waals surface area contributed by atoms with Gasteiger partial charge in [0.2, 0.25) is 0 Å². The zero-order valence-electron chi connectivity index (χ0n) is 10.4. The molecule has 1 aliphatic heterocycles. The van der Waals surface area contributed by atoms with Crippen LogP contribution in [0.4, 0.5) is 5.69 Å². The van der Waals surface area contributed by atoms with Crippen molar-refractivity contribution < 1.29 is 19.4 Å². The number of benzene rings is 1. The van der Waals surface area contributed by atoms with E-state index in [9.17, 15) is 9.59 Å². The Morgan fingerprint density at radius 1 is 1.47 bits per heavy atom. The highest BCUT2D eigenvalue weighted by Crippen LogP contribution is 2.48. The molecular weight excluding hydrogens is 246 g/mol. The van der Waals surface area contributed by atoms with Gasteiger partial charge in [0.25, 0.3) is 5.91 Å². The van der Waals surface area contributed by atoms with Gasteiger partial charge in [-0.1, -0.05) is 12.1 Å². The highest BCUT2D eigenvalue weighted by Gasteiger charge is 2.36. The number of rotatable bonds is 4.